The number of nitrogens with one attached hydrogen (secondary N) is 2. The van der Waals surface area contributed by atoms with Crippen LogP contribution in [-0.2, 0) is 9.53 Å². The molecule has 1 saturated heterocycles. The second-order valence-corrected chi connectivity index (χ2v) is 6.98. The van der Waals surface area contributed by atoms with Gasteiger partial charge in [-0.3, -0.25) is 0 Å². The Bertz CT molecular complexity index is 712. The molecule has 27 heavy (non-hydrogen) atoms. The van der Waals surface area contributed by atoms with E-state index in [1.165, 1.54) is 42.3 Å². The average Bonchev–Trinajstić information content (AvgIpc) is 2.93. The second kappa shape index (κ2) is 10.4. The number of benzene rings is 1. The molecule has 0 aliphatic carbocycles. The van der Waals surface area contributed by atoms with E-state index in [-0.39, 0.29) is 16.5 Å². The third-order valence-corrected chi connectivity index (χ3v) is 4.72. The van der Waals surface area contributed by atoms with Gasteiger partial charge in [0.25, 0.3) is 0 Å². The van der Waals surface area contributed by atoms with Gasteiger partial charge in [-0.05, 0) is 31.9 Å². The molecule has 1 heterocycles. The lowest BCUT2D eigenvalue weighted by Crippen LogP contribution is -2.41. The van der Waals surface area contributed by atoms with E-state index in [2.05, 4.69) is 14.9 Å². The van der Waals surface area contributed by atoms with Crippen LogP contribution < -0.4 is 14.9 Å². The quantitative estimate of drug-likeness (QED) is 0.431. The minimum Gasteiger partial charge on any atom is -0.485 e. The van der Waals surface area contributed by atoms with Crippen LogP contribution in [0.1, 0.15) is 19.8 Å². The Hall–Kier alpha value is -1.97. The highest BCUT2D eigenvalue weighted by Gasteiger charge is 2.19. The summed E-state index contributed by atoms with van der Waals surface area (Å²) in [6.45, 7) is 2.20. The first-order chi connectivity index (χ1) is 12.9. The molecule has 148 valence electrons. The summed E-state index contributed by atoms with van der Waals surface area (Å²) in [5.41, 5.74) is -0.0559. The van der Waals surface area contributed by atoms with Gasteiger partial charge in [0.05, 0.1) is 17.8 Å². The first-order valence-electron chi connectivity index (χ1n) is 8.28. The SMILES string of the molecule is COC(=O)/C=C/C(C)Oc1cc(NC(=O)N2CCCCSN2)c(F)cc1Cl. The standard InChI is InChI=1S/C17H21ClFN3O4S/c1-11(5-6-16(23)25-2)26-15-10-14(13(19)9-12(15)18)20-17(24)22-7-3-4-8-27-21-22/h5-6,9-11,21H,3-4,7-8H2,1-2H3,(H,20,24)/b6-5+. The van der Waals surface area contributed by atoms with Gasteiger partial charge in [0.2, 0.25) is 0 Å². The van der Waals surface area contributed by atoms with Gasteiger partial charge in [-0.1, -0.05) is 23.5 Å². The molecular weight excluding hydrogens is 397 g/mol. The van der Waals surface area contributed by atoms with Crippen LogP contribution in [0, 0.1) is 5.82 Å². The predicted octanol–water partition coefficient (Wildman–Crippen LogP) is 3.76. The van der Waals surface area contributed by atoms with E-state index in [0.29, 0.717) is 6.54 Å². The number of hydrazine groups is 1. The number of nitrogens with zero attached hydrogens (tertiary/aromatic N) is 1. The van der Waals surface area contributed by atoms with Crippen molar-refractivity contribution in [2.45, 2.75) is 25.9 Å². The number of hydrogen-bond donors (Lipinski definition) is 2. The zero-order valence-electron chi connectivity index (χ0n) is 15.0. The molecule has 1 aliphatic rings. The minimum absolute atomic E-state index is 0.0484. The molecule has 0 saturated carbocycles. The molecule has 1 unspecified atom stereocenters. The monoisotopic (exact) mass is 417 g/mol. The van der Waals surface area contributed by atoms with Crippen LogP contribution in [0.5, 0.6) is 5.75 Å². The van der Waals surface area contributed by atoms with E-state index >= 15 is 0 Å². The number of methoxy groups -OCH3 is 1. The van der Waals surface area contributed by atoms with Crippen molar-refractivity contribution in [1.82, 2.24) is 9.84 Å². The molecule has 2 amide bonds. The van der Waals surface area contributed by atoms with Crippen molar-refractivity contribution >= 4 is 41.2 Å². The molecule has 10 heteroatoms. The summed E-state index contributed by atoms with van der Waals surface area (Å²) in [6.07, 6.45) is 4.01. The van der Waals surface area contributed by atoms with Crippen LogP contribution in [0.3, 0.4) is 0 Å². The van der Waals surface area contributed by atoms with Gasteiger partial charge in [0, 0.05) is 24.4 Å². The number of halogens is 2. The number of esters is 1. The zero-order chi connectivity index (χ0) is 19.8. The van der Waals surface area contributed by atoms with Gasteiger partial charge in [0.15, 0.2) is 0 Å². The summed E-state index contributed by atoms with van der Waals surface area (Å²) >= 11 is 7.44. The summed E-state index contributed by atoms with van der Waals surface area (Å²) in [4.78, 5) is 26.4. The van der Waals surface area contributed by atoms with Gasteiger partial charge in [-0.2, -0.15) is 4.83 Å². The lowest BCUT2D eigenvalue weighted by atomic mass is 10.2. The molecule has 0 radical (unpaired) electrons. The van der Waals surface area contributed by atoms with Crippen LogP contribution in [-0.4, -0.2) is 42.5 Å². The zero-order valence-corrected chi connectivity index (χ0v) is 16.5. The number of rotatable bonds is 5. The van der Waals surface area contributed by atoms with Crippen molar-refractivity contribution in [3.8, 4) is 5.75 Å². The highest BCUT2D eigenvalue weighted by Crippen LogP contribution is 2.31. The predicted molar refractivity (Wildman–Crippen MR) is 103 cm³/mol. The van der Waals surface area contributed by atoms with Gasteiger partial charge >= 0.3 is 12.0 Å². The maximum atomic E-state index is 14.2. The molecular formula is C17H21ClFN3O4S. The van der Waals surface area contributed by atoms with E-state index < -0.39 is 23.9 Å². The molecule has 0 spiro atoms. The van der Waals surface area contributed by atoms with Gasteiger partial charge in [0.1, 0.15) is 17.7 Å². The molecule has 7 nitrogen and oxygen atoms in total. The number of anilines is 1. The van der Waals surface area contributed by atoms with E-state index in [4.69, 9.17) is 16.3 Å². The maximum absolute atomic E-state index is 14.2. The molecule has 1 atom stereocenters. The topological polar surface area (TPSA) is 79.9 Å². The van der Waals surface area contributed by atoms with Crippen LogP contribution >= 0.6 is 23.5 Å². The molecule has 1 aromatic carbocycles. The minimum atomic E-state index is -0.680. The number of ether oxygens (including phenoxy) is 2. The molecule has 2 N–H and O–H groups in total. The smallest absolute Gasteiger partial charge is 0.336 e. The Balaban J connectivity index is 2.09. The summed E-state index contributed by atoms with van der Waals surface area (Å²) in [7, 11) is 1.27. The molecule has 1 fully saturated rings. The van der Waals surface area contributed by atoms with Crippen molar-refractivity contribution in [3.63, 3.8) is 0 Å². The van der Waals surface area contributed by atoms with Crippen molar-refractivity contribution in [1.29, 1.82) is 0 Å². The second-order valence-electron chi connectivity index (χ2n) is 5.70. The highest BCUT2D eigenvalue weighted by atomic mass is 35.5. The summed E-state index contributed by atoms with van der Waals surface area (Å²) in [5, 5.41) is 3.96. The first-order valence-corrected chi connectivity index (χ1v) is 9.65. The molecule has 1 aromatic rings. The van der Waals surface area contributed by atoms with Crippen molar-refractivity contribution in [2.24, 2.45) is 0 Å². The molecule has 2 rings (SSSR count). The van der Waals surface area contributed by atoms with Crippen molar-refractivity contribution < 1.29 is 23.5 Å². The van der Waals surface area contributed by atoms with Crippen LogP contribution in [0.2, 0.25) is 5.02 Å². The molecule has 0 bridgehead atoms. The van der Waals surface area contributed by atoms with Gasteiger partial charge in [-0.15, -0.1) is 0 Å². The highest BCUT2D eigenvalue weighted by molar-refractivity contribution is 7.97. The normalized spacial score (nSPS) is 15.9. The number of amides is 2. The summed E-state index contributed by atoms with van der Waals surface area (Å²) in [6, 6.07) is 1.90. The van der Waals surface area contributed by atoms with Crippen LogP contribution in [0.25, 0.3) is 0 Å². The Morgan fingerprint density at radius 1 is 1.44 bits per heavy atom. The fourth-order valence-electron chi connectivity index (χ4n) is 2.18. The fraction of sp³-hybridized carbons (Fsp3) is 0.412. The lowest BCUT2D eigenvalue weighted by Gasteiger charge is -2.21. The largest absolute Gasteiger partial charge is 0.485 e. The number of urea groups is 1. The number of carbonyl (C=O) groups excluding carboxylic acids is 2. The van der Waals surface area contributed by atoms with E-state index in [1.807, 2.05) is 0 Å². The summed E-state index contributed by atoms with van der Waals surface area (Å²) in [5.74, 6) is -0.130. The first kappa shape index (κ1) is 21.3. The molecule has 1 aliphatic heterocycles. The van der Waals surface area contributed by atoms with Crippen LogP contribution in [0.15, 0.2) is 24.3 Å². The Morgan fingerprint density at radius 3 is 2.96 bits per heavy atom. The Morgan fingerprint density at radius 2 is 2.22 bits per heavy atom. The van der Waals surface area contributed by atoms with Gasteiger partial charge in [-0.25, -0.2) is 19.0 Å². The lowest BCUT2D eigenvalue weighted by molar-refractivity contribution is -0.134. The summed E-state index contributed by atoms with van der Waals surface area (Å²) < 4.78 is 24.3. The average molecular weight is 418 g/mol. The fourth-order valence-corrected chi connectivity index (χ4v) is 3.14. The van der Waals surface area contributed by atoms with E-state index in [1.54, 1.807) is 6.92 Å². The number of carbonyl (C=O) groups is 2. The van der Waals surface area contributed by atoms with Crippen molar-refractivity contribution in [3.05, 3.63) is 35.1 Å². The van der Waals surface area contributed by atoms with E-state index in [0.717, 1.165) is 24.7 Å². The Labute approximate surface area is 166 Å². The third kappa shape index (κ3) is 6.60. The third-order valence-electron chi connectivity index (χ3n) is 3.58. The van der Waals surface area contributed by atoms with E-state index in [9.17, 15) is 14.0 Å². The molecule has 0 aromatic heterocycles. The number of hydrogen-bond acceptors (Lipinski definition) is 6. The maximum Gasteiger partial charge on any atom is 0.336 e. The van der Waals surface area contributed by atoms with Gasteiger partial charge < -0.3 is 14.8 Å². The Kier molecular flexibility index (Phi) is 8.21. The van der Waals surface area contributed by atoms with Crippen molar-refractivity contribution in [2.75, 3.05) is 24.7 Å². The van der Waals surface area contributed by atoms with Crippen LogP contribution in [0.4, 0.5) is 14.9 Å².